The summed E-state index contributed by atoms with van der Waals surface area (Å²) in [5, 5.41) is 12.2. The lowest BCUT2D eigenvalue weighted by Crippen LogP contribution is -2.21. The number of carboxylic acid groups (broad SMARTS) is 1. The van der Waals surface area contributed by atoms with Crippen molar-refractivity contribution in [3.8, 4) is 0 Å². The maximum atomic E-state index is 13.8. The normalized spacial score (nSPS) is 23.7. The molecule has 104 valence electrons. The highest BCUT2D eigenvalue weighted by Gasteiger charge is 2.20. The summed E-state index contributed by atoms with van der Waals surface area (Å²) in [6, 6.07) is 4.33. The number of benzene rings is 1. The predicted octanol–water partition coefficient (Wildman–Crippen LogP) is 3.90. The highest BCUT2D eigenvalue weighted by Crippen LogP contribution is 2.27. The van der Waals surface area contributed by atoms with Crippen LogP contribution in [0.2, 0.25) is 0 Å². The summed E-state index contributed by atoms with van der Waals surface area (Å²) in [6.45, 7) is 2.23. The van der Waals surface area contributed by atoms with Gasteiger partial charge in [0, 0.05) is 6.04 Å². The molecule has 1 fully saturated rings. The van der Waals surface area contributed by atoms with Crippen LogP contribution in [0, 0.1) is 11.7 Å². The Bertz CT molecular complexity index is 461. The molecule has 0 aliphatic heterocycles. The van der Waals surface area contributed by atoms with E-state index >= 15 is 0 Å². The zero-order chi connectivity index (χ0) is 13.8. The summed E-state index contributed by atoms with van der Waals surface area (Å²) in [5.41, 5.74) is 0.145. The first-order valence-electron chi connectivity index (χ1n) is 6.86. The number of carboxylic acids is 1. The monoisotopic (exact) mass is 265 g/mol. The smallest absolute Gasteiger partial charge is 0.337 e. The van der Waals surface area contributed by atoms with E-state index in [1.165, 1.54) is 24.6 Å². The maximum Gasteiger partial charge on any atom is 0.337 e. The fourth-order valence-electron chi connectivity index (χ4n) is 2.68. The Morgan fingerprint density at radius 1 is 1.32 bits per heavy atom. The lowest BCUT2D eigenvalue weighted by molar-refractivity contribution is 0.0697. The second-order valence-corrected chi connectivity index (χ2v) is 5.42. The van der Waals surface area contributed by atoms with Gasteiger partial charge in [0.2, 0.25) is 0 Å². The maximum absolute atomic E-state index is 13.8. The molecule has 1 aliphatic carbocycles. The van der Waals surface area contributed by atoms with E-state index < -0.39 is 11.8 Å². The number of nitrogens with one attached hydrogen (secondary N) is 1. The quantitative estimate of drug-likeness (QED) is 0.815. The van der Waals surface area contributed by atoms with Crippen LogP contribution in [0.15, 0.2) is 18.2 Å². The molecular formula is C15H20FNO2. The molecule has 19 heavy (non-hydrogen) atoms. The van der Waals surface area contributed by atoms with E-state index in [1.807, 2.05) is 0 Å². The van der Waals surface area contributed by atoms with Gasteiger partial charge in [-0.2, -0.15) is 0 Å². The number of aromatic carboxylic acids is 1. The molecule has 3 nitrogen and oxygen atoms in total. The van der Waals surface area contributed by atoms with Gasteiger partial charge in [-0.15, -0.1) is 0 Å². The molecule has 4 heteroatoms. The zero-order valence-corrected chi connectivity index (χ0v) is 11.2. The Morgan fingerprint density at radius 3 is 2.84 bits per heavy atom. The summed E-state index contributed by atoms with van der Waals surface area (Å²) in [7, 11) is 0. The summed E-state index contributed by atoms with van der Waals surface area (Å²) in [6.07, 6.45) is 5.34. The molecule has 2 atom stereocenters. The number of halogens is 1. The minimum atomic E-state index is -1.09. The van der Waals surface area contributed by atoms with E-state index in [0.717, 1.165) is 25.7 Å². The average Bonchev–Trinajstić information content (AvgIpc) is 2.56. The number of anilines is 1. The molecule has 0 bridgehead atoms. The molecule has 0 spiro atoms. The fourth-order valence-corrected chi connectivity index (χ4v) is 2.68. The predicted molar refractivity (Wildman–Crippen MR) is 73.0 cm³/mol. The molecule has 0 aromatic heterocycles. The first-order chi connectivity index (χ1) is 9.08. The van der Waals surface area contributed by atoms with Crippen LogP contribution in [0.4, 0.5) is 10.1 Å². The molecule has 0 heterocycles. The Hall–Kier alpha value is -1.58. The van der Waals surface area contributed by atoms with Crippen LogP contribution in [-0.4, -0.2) is 17.1 Å². The number of carbonyl (C=O) groups is 1. The molecule has 2 N–H and O–H groups in total. The summed E-state index contributed by atoms with van der Waals surface area (Å²) < 4.78 is 13.8. The van der Waals surface area contributed by atoms with Gasteiger partial charge in [0.1, 0.15) is 5.82 Å². The summed E-state index contributed by atoms with van der Waals surface area (Å²) in [4.78, 5) is 11.1. The summed E-state index contributed by atoms with van der Waals surface area (Å²) >= 11 is 0. The zero-order valence-electron chi connectivity index (χ0n) is 11.2. The van der Waals surface area contributed by atoms with Crippen LogP contribution in [0.5, 0.6) is 0 Å². The van der Waals surface area contributed by atoms with Crippen molar-refractivity contribution in [2.45, 2.75) is 45.1 Å². The third kappa shape index (κ3) is 3.46. The van der Waals surface area contributed by atoms with Crippen molar-refractivity contribution in [3.63, 3.8) is 0 Å². The van der Waals surface area contributed by atoms with Gasteiger partial charge < -0.3 is 10.4 Å². The van der Waals surface area contributed by atoms with Crippen molar-refractivity contribution < 1.29 is 14.3 Å². The van der Waals surface area contributed by atoms with Gasteiger partial charge >= 0.3 is 5.97 Å². The fraction of sp³-hybridized carbons (Fsp3) is 0.533. The highest BCUT2D eigenvalue weighted by molar-refractivity contribution is 5.94. The Labute approximate surface area is 112 Å². The van der Waals surface area contributed by atoms with E-state index in [0.29, 0.717) is 5.92 Å². The molecule has 0 radical (unpaired) electrons. The van der Waals surface area contributed by atoms with Crippen LogP contribution >= 0.6 is 0 Å². The Morgan fingerprint density at radius 2 is 2.11 bits per heavy atom. The van der Waals surface area contributed by atoms with E-state index in [9.17, 15) is 9.18 Å². The van der Waals surface area contributed by atoms with Crippen molar-refractivity contribution >= 4 is 11.7 Å². The van der Waals surface area contributed by atoms with Gasteiger partial charge in [0.05, 0.1) is 11.3 Å². The molecular weight excluding hydrogens is 245 g/mol. The molecule has 1 aliphatic rings. The lowest BCUT2D eigenvalue weighted by Gasteiger charge is -2.19. The Balaban J connectivity index is 2.16. The molecule has 1 saturated carbocycles. The Kier molecular flexibility index (Phi) is 4.40. The van der Waals surface area contributed by atoms with E-state index in [4.69, 9.17) is 5.11 Å². The molecule has 0 saturated heterocycles. The largest absolute Gasteiger partial charge is 0.478 e. The standard InChI is InChI=1S/C15H20FNO2/c1-10-4-2-5-11(9-8-10)17-14-12(15(18)19)6-3-7-13(14)16/h3,6-7,10-11,17H,2,4-5,8-9H2,1H3,(H,18,19). The van der Waals surface area contributed by atoms with Crippen LogP contribution in [0.1, 0.15) is 49.4 Å². The van der Waals surface area contributed by atoms with Gasteiger partial charge in [-0.05, 0) is 37.3 Å². The molecule has 0 amide bonds. The van der Waals surface area contributed by atoms with Crippen molar-refractivity contribution in [3.05, 3.63) is 29.6 Å². The van der Waals surface area contributed by atoms with Gasteiger partial charge in [-0.25, -0.2) is 9.18 Å². The minimum absolute atomic E-state index is 0.0114. The van der Waals surface area contributed by atoms with E-state index in [-0.39, 0.29) is 17.3 Å². The van der Waals surface area contributed by atoms with Gasteiger partial charge in [-0.1, -0.05) is 25.8 Å². The third-order valence-electron chi connectivity index (χ3n) is 3.85. The van der Waals surface area contributed by atoms with Crippen LogP contribution in [0.3, 0.4) is 0 Å². The van der Waals surface area contributed by atoms with E-state index in [1.54, 1.807) is 0 Å². The van der Waals surface area contributed by atoms with Crippen LogP contribution in [0.25, 0.3) is 0 Å². The third-order valence-corrected chi connectivity index (χ3v) is 3.85. The SMILES string of the molecule is CC1CCCC(Nc2c(F)cccc2C(=O)O)CC1. The highest BCUT2D eigenvalue weighted by atomic mass is 19.1. The molecule has 2 rings (SSSR count). The van der Waals surface area contributed by atoms with Crippen LogP contribution < -0.4 is 5.32 Å². The van der Waals surface area contributed by atoms with Crippen molar-refractivity contribution in [1.82, 2.24) is 0 Å². The van der Waals surface area contributed by atoms with Crippen LogP contribution in [-0.2, 0) is 0 Å². The molecule has 1 aromatic carbocycles. The first kappa shape index (κ1) is 13.8. The second-order valence-electron chi connectivity index (χ2n) is 5.42. The van der Waals surface area contributed by atoms with Crippen molar-refractivity contribution in [2.24, 2.45) is 5.92 Å². The van der Waals surface area contributed by atoms with Gasteiger partial charge in [0.15, 0.2) is 0 Å². The van der Waals surface area contributed by atoms with E-state index in [2.05, 4.69) is 12.2 Å². The van der Waals surface area contributed by atoms with Crippen molar-refractivity contribution in [1.29, 1.82) is 0 Å². The van der Waals surface area contributed by atoms with Gasteiger partial charge in [-0.3, -0.25) is 0 Å². The topological polar surface area (TPSA) is 49.3 Å². The lowest BCUT2D eigenvalue weighted by atomic mass is 10.0. The number of para-hydroxylation sites is 1. The number of rotatable bonds is 3. The van der Waals surface area contributed by atoms with Crippen molar-refractivity contribution in [2.75, 3.05) is 5.32 Å². The minimum Gasteiger partial charge on any atom is -0.478 e. The number of hydrogen-bond donors (Lipinski definition) is 2. The summed E-state index contributed by atoms with van der Waals surface area (Å²) in [5.74, 6) is -0.882. The van der Waals surface area contributed by atoms with Gasteiger partial charge in [0.25, 0.3) is 0 Å². The number of hydrogen-bond acceptors (Lipinski definition) is 2. The average molecular weight is 265 g/mol. The molecule has 1 aromatic rings. The first-order valence-corrected chi connectivity index (χ1v) is 6.86. The second kappa shape index (κ2) is 6.04. The molecule has 2 unspecified atom stereocenters.